The standard InChI is InChI=1S/C16H12N2O6/c1-3-8-23-16-10-13(5-7-15(16)18(21)22)24-12-4-6-14(17(19)20)11(2)9-12/h1,4-7,9-10H,8H2,2H3. The first-order valence-corrected chi connectivity index (χ1v) is 6.70. The summed E-state index contributed by atoms with van der Waals surface area (Å²) in [4.78, 5) is 20.7. The number of benzene rings is 2. The fourth-order valence-electron chi connectivity index (χ4n) is 1.98. The lowest BCUT2D eigenvalue weighted by Crippen LogP contribution is -1.99. The van der Waals surface area contributed by atoms with Crippen LogP contribution in [0.1, 0.15) is 5.56 Å². The van der Waals surface area contributed by atoms with Gasteiger partial charge in [-0.1, -0.05) is 5.92 Å². The molecule has 0 aliphatic heterocycles. The van der Waals surface area contributed by atoms with Crippen molar-refractivity contribution in [3.8, 4) is 29.6 Å². The Kier molecular flexibility index (Phi) is 4.96. The van der Waals surface area contributed by atoms with Crippen LogP contribution in [0.5, 0.6) is 17.2 Å². The average molecular weight is 328 g/mol. The van der Waals surface area contributed by atoms with Gasteiger partial charge in [0, 0.05) is 23.8 Å². The van der Waals surface area contributed by atoms with Crippen LogP contribution < -0.4 is 9.47 Å². The smallest absolute Gasteiger partial charge is 0.311 e. The third-order valence-electron chi connectivity index (χ3n) is 3.04. The molecule has 0 spiro atoms. The van der Waals surface area contributed by atoms with E-state index in [-0.39, 0.29) is 29.5 Å². The number of hydrogen-bond donors (Lipinski definition) is 0. The molecule has 2 aromatic carbocycles. The van der Waals surface area contributed by atoms with Crippen molar-refractivity contribution in [2.24, 2.45) is 0 Å². The molecule has 0 saturated heterocycles. The van der Waals surface area contributed by atoms with E-state index in [1.54, 1.807) is 6.92 Å². The van der Waals surface area contributed by atoms with E-state index >= 15 is 0 Å². The summed E-state index contributed by atoms with van der Waals surface area (Å²) >= 11 is 0. The molecule has 122 valence electrons. The number of ether oxygens (including phenoxy) is 2. The molecule has 0 bridgehead atoms. The fraction of sp³-hybridized carbons (Fsp3) is 0.125. The minimum atomic E-state index is -0.592. The highest BCUT2D eigenvalue weighted by molar-refractivity contribution is 5.52. The van der Waals surface area contributed by atoms with Crippen LogP contribution in [0.25, 0.3) is 0 Å². The van der Waals surface area contributed by atoms with Gasteiger partial charge in [0.15, 0.2) is 0 Å². The zero-order valence-electron chi connectivity index (χ0n) is 12.6. The van der Waals surface area contributed by atoms with Crippen LogP contribution in [0.15, 0.2) is 36.4 Å². The van der Waals surface area contributed by atoms with E-state index in [1.165, 1.54) is 36.4 Å². The summed E-state index contributed by atoms with van der Waals surface area (Å²) < 4.78 is 10.7. The summed E-state index contributed by atoms with van der Waals surface area (Å²) in [6.45, 7) is 1.46. The Bertz CT molecular complexity index is 841. The maximum absolute atomic E-state index is 11.0. The van der Waals surface area contributed by atoms with Crippen LogP contribution in [0, 0.1) is 39.5 Å². The molecule has 0 aromatic heterocycles. The average Bonchev–Trinajstić information content (AvgIpc) is 2.52. The zero-order chi connectivity index (χ0) is 17.7. The summed E-state index contributed by atoms with van der Waals surface area (Å²) in [6, 6.07) is 8.24. The molecule has 0 N–H and O–H groups in total. The van der Waals surface area contributed by atoms with Crippen molar-refractivity contribution < 1.29 is 19.3 Å². The van der Waals surface area contributed by atoms with Gasteiger partial charge in [-0.15, -0.1) is 6.42 Å². The molecule has 2 rings (SSSR count). The van der Waals surface area contributed by atoms with Gasteiger partial charge >= 0.3 is 5.69 Å². The van der Waals surface area contributed by atoms with Crippen LogP contribution >= 0.6 is 0 Å². The highest BCUT2D eigenvalue weighted by Gasteiger charge is 2.17. The van der Waals surface area contributed by atoms with Crippen LogP contribution in [0.2, 0.25) is 0 Å². The van der Waals surface area contributed by atoms with Gasteiger partial charge in [0.1, 0.15) is 18.1 Å². The number of terminal acetylenes is 1. The van der Waals surface area contributed by atoms with Crippen molar-refractivity contribution >= 4 is 11.4 Å². The number of aryl methyl sites for hydroxylation is 1. The van der Waals surface area contributed by atoms with Gasteiger partial charge in [-0.3, -0.25) is 20.2 Å². The maximum Gasteiger partial charge on any atom is 0.311 e. The Morgan fingerprint density at radius 2 is 1.62 bits per heavy atom. The summed E-state index contributed by atoms with van der Waals surface area (Å²) in [5.41, 5.74) is 0.171. The summed E-state index contributed by atoms with van der Waals surface area (Å²) in [5, 5.41) is 21.8. The molecule has 0 heterocycles. The molecular formula is C16H12N2O6. The number of hydrogen-bond acceptors (Lipinski definition) is 6. The predicted molar refractivity (Wildman–Crippen MR) is 85.3 cm³/mol. The molecule has 0 saturated carbocycles. The molecular weight excluding hydrogens is 316 g/mol. The first kappa shape index (κ1) is 16.8. The largest absolute Gasteiger partial charge is 0.474 e. The van der Waals surface area contributed by atoms with Crippen molar-refractivity contribution in [2.45, 2.75) is 6.92 Å². The normalized spacial score (nSPS) is 9.83. The highest BCUT2D eigenvalue weighted by atomic mass is 16.6. The minimum Gasteiger partial charge on any atom is -0.474 e. The summed E-state index contributed by atoms with van der Waals surface area (Å²) in [6.07, 6.45) is 5.09. The minimum absolute atomic E-state index is 0.0194. The second-order valence-electron chi connectivity index (χ2n) is 4.69. The van der Waals surface area contributed by atoms with Crippen molar-refractivity contribution in [1.82, 2.24) is 0 Å². The van der Waals surface area contributed by atoms with E-state index in [4.69, 9.17) is 15.9 Å². The van der Waals surface area contributed by atoms with Crippen molar-refractivity contribution in [3.63, 3.8) is 0 Å². The zero-order valence-corrected chi connectivity index (χ0v) is 12.6. The lowest BCUT2D eigenvalue weighted by Gasteiger charge is -2.09. The molecule has 2 aromatic rings. The van der Waals surface area contributed by atoms with E-state index < -0.39 is 9.85 Å². The third-order valence-corrected chi connectivity index (χ3v) is 3.04. The number of nitro benzene ring substituents is 2. The first-order chi connectivity index (χ1) is 11.4. The predicted octanol–water partition coefficient (Wildman–Crippen LogP) is 3.62. The summed E-state index contributed by atoms with van der Waals surface area (Å²) in [7, 11) is 0. The molecule has 8 heteroatoms. The number of rotatable bonds is 6. The van der Waals surface area contributed by atoms with E-state index in [0.717, 1.165) is 0 Å². The van der Waals surface area contributed by atoms with Crippen LogP contribution in [-0.4, -0.2) is 16.5 Å². The molecule has 0 aliphatic rings. The lowest BCUT2D eigenvalue weighted by molar-refractivity contribution is -0.385. The molecule has 0 fully saturated rings. The Morgan fingerprint density at radius 3 is 2.17 bits per heavy atom. The molecule has 8 nitrogen and oxygen atoms in total. The van der Waals surface area contributed by atoms with E-state index in [0.29, 0.717) is 11.3 Å². The van der Waals surface area contributed by atoms with Gasteiger partial charge in [0.25, 0.3) is 5.69 Å². The SMILES string of the molecule is C#CCOc1cc(Oc2ccc([N+](=O)[O-])c(C)c2)ccc1[N+](=O)[O-]. The molecule has 0 aliphatic carbocycles. The Morgan fingerprint density at radius 1 is 1.04 bits per heavy atom. The van der Waals surface area contributed by atoms with E-state index in [1.807, 2.05) is 0 Å². The maximum atomic E-state index is 11.0. The number of nitro groups is 2. The third kappa shape index (κ3) is 3.78. The van der Waals surface area contributed by atoms with Gasteiger partial charge in [-0.05, 0) is 25.1 Å². The second kappa shape index (κ2) is 7.11. The van der Waals surface area contributed by atoms with Gasteiger partial charge in [0.05, 0.1) is 9.85 Å². The molecule has 0 radical (unpaired) electrons. The van der Waals surface area contributed by atoms with Gasteiger partial charge < -0.3 is 9.47 Å². The van der Waals surface area contributed by atoms with Crippen LogP contribution in [0.3, 0.4) is 0 Å². The molecule has 0 unspecified atom stereocenters. The molecule has 24 heavy (non-hydrogen) atoms. The lowest BCUT2D eigenvalue weighted by atomic mass is 10.2. The van der Waals surface area contributed by atoms with Crippen LogP contribution in [0.4, 0.5) is 11.4 Å². The first-order valence-electron chi connectivity index (χ1n) is 6.70. The molecule has 0 atom stereocenters. The van der Waals surface area contributed by atoms with Crippen molar-refractivity contribution in [1.29, 1.82) is 0 Å². The summed E-state index contributed by atoms with van der Waals surface area (Å²) in [5.74, 6) is 2.84. The fourth-order valence-corrected chi connectivity index (χ4v) is 1.98. The molecule has 0 amide bonds. The van der Waals surface area contributed by atoms with Crippen molar-refractivity contribution in [2.75, 3.05) is 6.61 Å². The Hall–Kier alpha value is -3.60. The Balaban J connectivity index is 2.30. The Labute approximate surface area is 136 Å². The van der Waals surface area contributed by atoms with Gasteiger partial charge in [0.2, 0.25) is 5.75 Å². The van der Waals surface area contributed by atoms with Crippen LogP contribution in [-0.2, 0) is 0 Å². The van der Waals surface area contributed by atoms with E-state index in [2.05, 4.69) is 5.92 Å². The monoisotopic (exact) mass is 328 g/mol. The number of nitrogens with zero attached hydrogens (tertiary/aromatic N) is 2. The van der Waals surface area contributed by atoms with Gasteiger partial charge in [-0.25, -0.2) is 0 Å². The second-order valence-corrected chi connectivity index (χ2v) is 4.69. The topological polar surface area (TPSA) is 105 Å². The van der Waals surface area contributed by atoms with E-state index in [9.17, 15) is 20.2 Å². The highest BCUT2D eigenvalue weighted by Crippen LogP contribution is 2.34. The van der Waals surface area contributed by atoms with Crippen molar-refractivity contribution in [3.05, 3.63) is 62.2 Å². The van der Waals surface area contributed by atoms with Gasteiger partial charge in [-0.2, -0.15) is 0 Å². The quantitative estimate of drug-likeness (QED) is 0.455.